The number of hydrogen-bond acceptors (Lipinski definition) is 4. The molecule has 9 heteroatoms. The molecule has 5 nitrogen and oxygen atoms in total. The van der Waals surface area contributed by atoms with Crippen molar-refractivity contribution in [1.82, 2.24) is 14.5 Å². The lowest BCUT2D eigenvalue weighted by Gasteiger charge is -2.20. The summed E-state index contributed by atoms with van der Waals surface area (Å²) in [6.07, 6.45) is 1.41. The van der Waals surface area contributed by atoms with Gasteiger partial charge in [0.1, 0.15) is 0 Å². The van der Waals surface area contributed by atoms with Crippen LogP contribution in [0.2, 0.25) is 0 Å². The van der Waals surface area contributed by atoms with Gasteiger partial charge in [0.25, 0.3) is 5.91 Å². The average molecular weight is 459 g/mol. The van der Waals surface area contributed by atoms with E-state index in [0.717, 1.165) is 33.5 Å². The highest BCUT2D eigenvalue weighted by Crippen LogP contribution is 2.33. The summed E-state index contributed by atoms with van der Waals surface area (Å²) in [7, 11) is 0. The van der Waals surface area contributed by atoms with Crippen LogP contribution in [0.4, 0.5) is 18.3 Å². The maximum atomic E-state index is 13.3. The van der Waals surface area contributed by atoms with Crippen LogP contribution in [0.25, 0.3) is 10.2 Å². The number of rotatable bonds is 6. The molecule has 0 bridgehead atoms. The van der Waals surface area contributed by atoms with Crippen LogP contribution < -0.4 is 4.90 Å². The van der Waals surface area contributed by atoms with E-state index in [-0.39, 0.29) is 11.5 Å². The molecule has 0 fully saturated rings. The van der Waals surface area contributed by atoms with E-state index in [1.54, 1.807) is 17.4 Å². The molecule has 0 spiro atoms. The fourth-order valence-electron chi connectivity index (χ4n) is 3.55. The first kappa shape index (κ1) is 22.0. The van der Waals surface area contributed by atoms with E-state index in [4.69, 9.17) is 0 Å². The number of fused-ring (bicyclic) bond motifs is 1. The van der Waals surface area contributed by atoms with Crippen molar-refractivity contribution in [2.24, 2.45) is 0 Å². The Balaban J connectivity index is 1.65. The van der Waals surface area contributed by atoms with Gasteiger partial charge in [-0.05, 0) is 61.7 Å². The first-order chi connectivity index (χ1) is 15.2. The standard InChI is InChI=1S/C23H21F3N4OS/c1-15-12-16(2)20-19(13-15)28-22(32-20)30(10-3-9-29-11-8-27-14-29)21(31)17-4-6-18(7-5-17)23(24,25)26/h4-8,11-14H,3,9-10H2,1-2H3. The Bertz CT molecular complexity index is 1230. The molecule has 2 aromatic heterocycles. The Morgan fingerprint density at radius 1 is 1.16 bits per heavy atom. The Kier molecular flexibility index (Phi) is 6.01. The largest absolute Gasteiger partial charge is 0.416 e. The molecule has 32 heavy (non-hydrogen) atoms. The van der Waals surface area contributed by atoms with Gasteiger partial charge in [0.2, 0.25) is 0 Å². The third-order valence-electron chi connectivity index (χ3n) is 5.10. The molecule has 2 aromatic carbocycles. The fraction of sp³-hybridized carbons (Fsp3) is 0.261. The van der Waals surface area contributed by atoms with E-state index in [0.29, 0.717) is 24.6 Å². The second-order valence-corrected chi connectivity index (χ2v) is 8.59. The number of anilines is 1. The van der Waals surface area contributed by atoms with E-state index in [2.05, 4.69) is 16.0 Å². The van der Waals surface area contributed by atoms with Gasteiger partial charge >= 0.3 is 6.18 Å². The zero-order valence-corrected chi connectivity index (χ0v) is 18.4. The van der Waals surface area contributed by atoms with Crippen LogP contribution in [0.15, 0.2) is 55.1 Å². The van der Waals surface area contributed by atoms with Gasteiger partial charge in [-0.15, -0.1) is 0 Å². The summed E-state index contributed by atoms with van der Waals surface area (Å²) in [5.74, 6) is -0.377. The topological polar surface area (TPSA) is 51.0 Å². The number of aryl methyl sites for hydroxylation is 3. The minimum atomic E-state index is -4.45. The summed E-state index contributed by atoms with van der Waals surface area (Å²) in [5, 5.41) is 0.532. The lowest BCUT2D eigenvalue weighted by molar-refractivity contribution is -0.137. The van der Waals surface area contributed by atoms with Gasteiger partial charge in [0.15, 0.2) is 5.13 Å². The van der Waals surface area contributed by atoms with Gasteiger partial charge in [-0.1, -0.05) is 17.4 Å². The maximum Gasteiger partial charge on any atom is 0.416 e. The van der Waals surface area contributed by atoms with E-state index in [9.17, 15) is 18.0 Å². The number of alkyl halides is 3. The molecule has 0 aliphatic carbocycles. The minimum absolute atomic E-state index is 0.188. The summed E-state index contributed by atoms with van der Waals surface area (Å²) in [5.41, 5.74) is 2.36. The lowest BCUT2D eigenvalue weighted by Crippen LogP contribution is -2.32. The SMILES string of the molecule is Cc1cc(C)c2sc(N(CCCn3ccnc3)C(=O)c3ccc(C(F)(F)F)cc3)nc2c1. The molecule has 4 rings (SSSR count). The van der Waals surface area contributed by atoms with Crippen LogP contribution in [0, 0.1) is 13.8 Å². The zero-order chi connectivity index (χ0) is 22.9. The molecule has 1 amide bonds. The third kappa shape index (κ3) is 4.67. The Morgan fingerprint density at radius 2 is 1.91 bits per heavy atom. The van der Waals surface area contributed by atoms with Crippen molar-refractivity contribution >= 4 is 32.6 Å². The Labute approximate surface area is 187 Å². The van der Waals surface area contributed by atoms with Gasteiger partial charge < -0.3 is 4.57 Å². The van der Waals surface area contributed by atoms with E-state index >= 15 is 0 Å². The second kappa shape index (κ2) is 8.74. The number of aromatic nitrogens is 3. The highest BCUT2D eigenvalue weighted by Gasteiger charge is 2.30. The molecule has 0 radical (unpaired) electrons. The lowest BCUT2D eigenvalue weighted by atomic mass is 10.1. The average Bonchev–Trinajstić information content (AvgIpc) is 3.40. The number of benzene rings is 2. The third-order valence-corrected chi connectivity index (χ3v) is 6.33. The molecular formula is C23H21F3N4OS. The number of imidazole rings is 1. The Hall–Kier alpha value is -3.20. The highest BCUT2D eigenvalue weighted by atomic mass is 32.1. The van der Waals surface area contributed by atoms with Crippen molar-refractivity contribution in [1.29, 1.82) is 0 Å². The zero-order valence-electron chi connectivity index (χ0n) is 17.6. The molecule has 4 aromatic rings. The van der Waals surface area contributed by atoms with Crippen LogP contribution in [0.3, 0.4) is 0 Å². The fourth-order valence-corrected chi connectivity index (χ4v) is 4.59. The second-order valence-electron chi connectivity index (χ2n) is 7.61. The van der Waals surface area contributed by atoms with Crippen molar-refractivity contribution in [3.05, 3.63) is 77.4 Å². The monoisotopic (exact) mass is 458 g/mol. The first-order valence-electron chi connectivity index (χ1n) is 10.0. The number of carbonyl (C=O) groups excluding carboxylic acids is 1. The molecule has 0 saturated heterocycles. The van der Waals surface area contributed by atoms with E-state index < -0.39 is 11.7 Å². The van der Waals surface area contributed by atoms with Crippen LogP contribution in [-0.4, -0.2) is 27.0 Å². The maximum absolute atomic E-state index is 13.3. The quantitative estimate of drug-likeness (QED) is 0.363. The number of halogens is 3. The normalized spacial score (nSPS) is 11.8. The van der Waals surface area contributed by atoms with Crippen LogP contribution in [0.5, 0.6) is 0 Å². The molecular weight excluding hydrogens is 437 g/mol. The molecule has 0 atom stereocenters. The Morgan fingerprint density at radius 3 is 2.56 bits per heavy atom. The van der Waals surface area contributed by atoms with E-state index in [1.807, 2.05) is 30.7 Å². The van der Waals surface area contributed by atoms with Gasteiger partial charge in [-0.25, -0.2) is 9.97 Å². The number of thiazole rings is 1. The van der Waals surface area contributed by atoms with E-state index in [1.165, 1.54) is 23.5 Å². The minimum Gasteiger partial charge on any atom is -0.337 e. The molecule has 0 aliphatic heterocycles. The predicted molar refractivity (Wildman–Crippen MR) is 119 cm³/mol. The summed E-state index contributed by atoms with van der Waals surface area (Å²) >= 11 is 1.41. The van der Waals surface area contributed by atoms with Crippen LogP contribution >= 0.6 is 11.3 Å². The summed E-state index contributed by atoms with van der Waals surface area (Å²) < 4.78 is 41.7. The molecule has 166 valence electrons. The number of hydrogen-bond donors (Lipinski definition) is 0. The number of amides is 1. The van der Waals surface area contributed by atoms with Gasteiger partial charge in [-0.2, -0.15) is 13.2 Å². The molecule has 2 heterocycles. The van der Waals surface area contributed by atoms with Crippen molar-refractivity contribution in [3.8, 4) is 0 Å². The van der Waals surface area contributed by atoms with Gasteiger partial charge in [-0.3, -0.25) is 9.69 Å². The molecule has 0 N–H and O–H groups in total. The van der Waals surface area contributed by atoms with Crippen molar-refractivity contribution < 1.29 is 18.0 Å². The number of carbonyl (C=O) groups is 1. The molecule has 0 saturated carbocycles. The summed E-state index contributed by atoms with van der Waals surface area (Å²) in [6, 6.07) is 8.33. The highest BCUT2D eigenvalue weighted by molar-refractivity contribution is 7.22. The number of nitrogens with zero attached hydrogens (tertiary/aromatic N) is 4. The van der Waals surface area contributed by atoms with Crippen LogP contribution in [-0.2, 0) is 12.7 Å². The smallest absolute Gasteiger partial charge is 0.337 e. The molecule has 0 unspecified atom stereocenters. The first-order valence-corrected chi connectivity index (χ1v) is 10.9. The summed E-state index contributed by atoms with van der Waals surface area (Å²) in [6.45, 7) is 5.01. The van der Waals surface area contributed by atoms with Crippen molar-refractivity contribution in [3.63, 3.8) is 0 Å². The van der Waals surface area contributed by atoms with Crippen molar-refractivity contribution in [2.75, 3.05) is 11.4 Å². The summed E-state index contributed by atoms with van der Waals surface area (Å²) in [4.78, 5) is 23.6. The van der Waals surface area contributed by atoms with Crippen LogP contribution in [0.1, 0.15) is 33.5 Å². The van der Waals surface area contributed by atoms with Gasteiger partial charge in [0, 0.05) is 31.0 Å². The predicted octanol–water partition coefficient (Wildman–Crippen LogP) is 5.87. The van der Waals surface area contributed by atoms with Crippen molar-refractivity contribution in [2.45, 2.75) is 33.0 Å². The van der Waals surface area contributed by atoms with Gasteiger partial charge in [0.05, 0.1) is 22.1 Å². The molecule has 0 aliphatic rings.